The molecule has 17 heavy (non-hydrogen) atoms. The zero-order valence-corrected chi connectivity index (χ0v) is 10.6. The first kappa shape index (κ1) is 13.3. The first-order chi connectivity index (χ1) is 7.74. The number of methoxy groups -OCH3 is 1. The average Bonchev–Trinajstić information content (AvgIpc) is 2.56. The molecule has 5 heteroatoms. The second kappa shape index (κ2) is 4.61. The molecule has 0 amide bonds. The Bertz CT molecular complexity index is 436. The smallest absolute Gasteiger partial charge is 0.373 e. The predicted octanol–water partition coefficient (Wildman–Crippen LogP) is 2.33. The topological polar surface area (TPSA) is 65.7 Å². The monoisotopic (exact) mass is 240 g/mol. The molecule has 0 bridgehead atoms. The van der Waals surface area contributed by atoms with E-state index in [4.69, 9.17) is 9.15 Å². The van der Waals surface area contributed by atoms with Crippen molar-refractivity contribution in [3.8, 4) is 0 Å². The van der Waals surface area contributed by atoms with Gasteiger partial charge in [-0.3, -0.25) is 0 Å². The first-order valence-electron chi connectivity index (χ1n) is 5.16. The Morgan fingerprint density at radius 2 is 1.82 bits per heavy atom. The van der Waals surface area contributed by atoms with Crippen LogP contribution in [0.25, 0.3) is 0 Å². The number of ether oxygens (including phenoxy) is 2. The van der Waals surface area contributed by atoms with Crippen molar-refractivity contribution in [3.63, 3.8) is 0 Å². The Labute approximate surface area is 99.7 Å². The van der Waals surface area contributed by atoms with Crippen molar-refractivity contribution in [3.05, 3.63) is 23.2 Å². The molecule has 0 N–H and O–H groups in total. The van der Waals surface area contributed by atoms with Gasteiger partial charge in [-0.2, -0.15) is 0 Å². The van der Waals surface area contributed by atoms with Gasteiger partial charge in [0.25, 0.3) is 0 Å². The van der Waals surface area contributed by atoms with Crippen LogP contribution in [-0.2, 0) is 9.47 Å². The summed E-state index contributed by atoms with van der Waals surface area (Å²) in [5, 5.41) is 0. The molecule has 0 radical (unpaired) electrons. The lowest BCUT2D eigenvalue weighted by atomic mass is 10.2. The summed E-state index contributed by atoms with van der Waals surface area (Å²) in [5.41, 5.74) is -0.355. The second-order valence-corrected chi connectivity index (χ2v) is 4.57. The van der Waals surface area contributed by atoms with Crippen LogP contribution in [0.3, 0.4) is 0 Å². The lowest BCUT2D eigenvalue weighted by molar-refractivity contribution is 0.00676. The van der Waals surface area contributed by atoms with Gasteiger partial charge < -0.3 is 13.9 Å². The molecular formula is C12H16O5. The molecular weight excluding hydrogens is 224 g/mol. The number of furan rings is 1. The molecule has 0 fully saturated rings. The highest BCUT2D eigenvalue weighted by atomic mass is 16.6. The maximum absolute atomic E-state index is 11.8. The van der Waals surface area contributed by atoms with Gasteiger partial charge in [-0.25, -0.2) is 9.59 Å². The van der Waals surface area contributed by atoms with Crippen LogP contribution in [0.2, 0.25) is 0 Å². The van der Waals surface area contributed by atoms with E-state index in [0.29, 0.717) is 5.76 Å². The molecule has 0 saturated carbocycles. The molecule has 5 nitrogen and oxygen atoms in total. The highest BCUT2D eigenvalue weighted by molar-refractivity contribution is 5.95. The van der Waals surface area contributed by atoms with Gasteiger partial charge in [-0.05, 0) is 27.7 Å². The fourth-order valence-corrected chi connectivity index (χ4v) is 1.22. The van der Waals surface area contributed by atoms with E-state index in [1.807, 2.05) is 0 Å². The molecule has 0 aromatic carbocycles. The lowest BCUT2D eigenvalue weighted by Gasteiger charge is -2.18. The van der Waals surface area contributed by atoms with Gasteiger partial charge in [0.1, 0.15) is 16.9 Å². The van der Waals surface area contributed by atoms with Gasteiger partial charge >= 0.3 is 11.9 Å². The second-order valence-electron chi connectivity index (χ2n) is 4.57. The van der Waals surface area contributed by atoms with Crippen LogP contribution in [0.1, 0.15) is 47.4 Å². The van der Waals surface area contributed by atoms with Crippen molar-refractivity contribution < 1.29 is 23.5 Å². The molecule has 0 unspecified atom stereocenters. The summed E-state index contributed by atoms with van der Waals surface area (Å²) in [5.74, 6) is -0.817. The SMILES string of the molecule is COC(=O)c1cc(C(=O)OC(C)(C)C)c(C)o1. The van der Waals surface area contributed by atoms with E-state index < -0.39 is 17.5 Å². The van der Waals surface area contributed by atoms with E-state index >= 15 is 0 Å². The van der Waals surface area contributed by atoms with Crippen LogP contribution in [0.15, 0.2) is 10.5 Å². The summed E-state index contributed by atoms with van der Waals surface area (Å²) < 4.78 is 14.8. The molecule has 1 aromatic heterocycles. The third kappa shape index (κ3) is 3.34. The number of esters is 2. The van der Waals surface area contributed by atoms with Gasteiger partial charge in [-0.15, -0.1) is 0 Å². The minimum absolute atomic E-state index is 0.00846. The Kier molecular flexibility index (Phi) is 3.60. The van der Waals surface area contributed by atoms with Gasteiger partial charge in [-0.1, -0.05) is 0 Å². The molecule has 1 heterocycles. The molecule has 94 valence electrons. The normalized spacial score (nSPS) is 11.1. The van der Waals surface area contributed by atoms with Crippen LogP contribution >= 0.6 is 0 Å². The standard InChI is InChI=1S/C12H16O5/c1-7-8(10(13)17-12(2,3)4)6-9(16-7)11(14)15-5/h6H,1-5H3. The Balaban J connectivity index is 2.96. The Hall–Kier alpha value is -1.78. The molecule has 0 atom stereocenters. The summed E-state index contributed by atoms with van der Waals surface area (Å²) >= 11 is 0. The van der Waals surface area contributed by atoms with Gasteiger partial charge in [0.2, 0.25) is 5.76 Å². The fraction of sp³-hybridized carbons (Fsp3) is 0.500. The van der Waals surface area contributed by atoms with E-state index in [9.17, 15) is 9.59 Å². The van der Waals surface area contributed by atoms with E-state index in [1.165, 1.54) is 13.2 Å². The van der Waals surface area contributed by atoms with Crippen molar-refractivity contribution in [1.29, 1.82) is 0 Å². The Morgan fingerprint density at radius 1 is 1.24 bits per heavy atom. The number of carbonyl (C=O) groups excluding carboxylic acids is 2. The number of hydrogen-bond acceptors (Lipinski definition) is 5. The zero-order valence-electron chi connectivity index (χ0n) is 10.6. The van der Waals surface area contributed by atoms with Gasteiger partial charge in [0, 0.05) is 6.07 Å². The van der Waals surface area contributed by atoms with E-state index in [-0.39, 0.29) is 11.3 Å². The van der Waals surface area contributed by atoms with Crippen molar-refractivity contribution >= 4 is 11.9 Å². The quantitative estimate of drug-likeness (QED) is 0.742. The van der Waals surface area contributed by atoms with E-state index in [0.717, 1.165) is 0 Å². The lowest BCUT2D eigenvalue weighted by Crippen LogP contribution is -2.24. The highest BCUT2D eigenvalue weighted by Gasteiger charge is 2.24. The maximum atomic E-state index is 11.8. The molecule has 0 aliphatic carbocycles. The number of hydrogen-bond donors (Lipinski definition) is 0. The molecule has 1 rings (SSSR count). The molecule has 0 saturated heterocycles. The predicted molar refractivity (Wildman–Crippen MR) is 60.0 cm³/mol. The van der Waals surface area contributed by atoms with Crippen LogP contribution in [-0.4, -0.2) is 24.6 Å². The average molecular weight is 240 g/mol. The van der Waals surface area contributed by atoms with E-state index in [1.54, 1.807) is 27.7 Å². The number of aryl methyl sites for hydroxylation is 1. The van der Waals surface area contributed by atoms with Gasteiger partial charge in [0.05, 0.1) is 7.11 Å². The van der Waals surface area contributed by atoms with Crippen molar-refractivity contribution in [2.75, 3.05) is 7.11 Å². The van der Waals surface area contributed by atoms with Crippen LogP contribution < -0.4 is 0 Å². The minimum Gasteiger partial charge on any atom is -0.463 e. The first-order valence-corrected chi connectivity index (χ1v) is 5.16. The van der Waals surface area contributed by atoms with E-state index in [2.05, 4.69) is 4.74 Å². The van der Waals surface area contributed by atoms with Gasteiger partial charge in [0.15, 0.2) is 0 Å². The van der Waals surface area contributed by atoms with Crippen molar-refractivity contribution in [1.82, 2.24) is 0 Å². The summed E-state index contributed by atoms with van der Waals surface area (Å²) in [6, 6.07) is 1.33. The fourth-order valence-electron chi connectivity index (χ4n) is 1.22. The summed E-state index contributed by atoms with van der Waals surface area (Å²) in [6.07, 6.45) is 0. The van der Waals surface area contributed by atoms with Crippen LogP contribution in [0.5, 0.6) is 0 Å². The largest absolute Gasteiger partial charge is 0.463 e. The molecule has 0 spiro atoms. The van der Waals surface area contributed by atoms with Crippen LogP contribution in [0.4, 0.5) is 0 Å². The summed E-state index contributed by atoms with van der Waals surface area (Å²) in [6.45, 7) is 6.89. The number of rotatable bonds is 2. The molecule has 0 aliphatic rings. The van der Waals surface area contributed by atoms with Crippen LogP contribution in [0, 0.1) is 6.92 Å². The summed E-state index contributed by atoms with van der Waals surface area (Å²) in [4.78, 5) is 23.0. The Morgan fingerprint density at radius 3 is 2.29 bits per heavy atom. The highest BCUT2D eigenvalue weighted by Crippen LogP contribution is 2.19. The molecule has 0 aliphatic heterocycles. The maximum Gasteiger partial charge on any atom is 0.373 e. The van der Waals surface area contributed by atoms with Crippen molar-refractivity contribution in [2.45, 2.75) is 33.3 Å². The number of carbonyl (C=O) groups is 2. The van der Waals surface area contributed by atoms with Crippen molar-refractivity contribution in [2.24, 2.45) is 0 Å². The molecule has 1 aromatic rings. The zero-order chi connectivity index (χ0) is 13.2. The third-order valence-corrected chi connectivity index (χ3v) is 1.92. The third-order valence-electron chi connectivity index (χ3n) is 1.92. The summed E-state index contributed by atoms with van der Waals surface area (Å²) in [7, 11) is 1.24. The minimum atomic E-state index is -0.622.